The van der Waals surface area contributed by atoms with Crippen LogP contribution in [0.5, 0.6) is 0 Å². The molecule has 55 heavy (non-hydrogen) atoms. The second-order valence-electron chi connectivity index (χ2n) is 18.7. The molecule has 4 aromatic rings. The highest BCUT2D eigenvalue weighted by Gasteiger charge is 2.56. The van der Waals surface area contributed by atoms with Gasteiger partial charge in [-0.05, 0) is 167 Å². The van der Waals surface area contributed by atoms with Crippen molar-refractivity contribution in [2.45, 2.75) is 127 Å². The first-order valence-corrected chi connectivity index (χ1v) is 21.9. The van der Waals surface area contributed by atoms with E-state index in [0.717, 1.165) is 19.3 Å². The molecule has 1 aliphatic heterocycles. The van der Waals surface area contributed by atoms with Gasteiger partial charge in [-0.3, -0.25) is 0 Å². The fraction of sp³-hybridized carbons (Fsp3) is 0.490. The van der Waals surface area contributed by atoms with Crippen molar-refractivity contribution >= 4 is 22.7 Å². The Balaban J connectivity index is 0.947. The SMILES string of the molecule is CC1=CCC(n2c3c(c4cc(-c5ccc(N(C6CC7CC6CC7c6ccc(F)cc6)C6C(C)CCC7OC8C=CCCC8C76)cc5)ccc42)C=CCC3)CC1. The Morgan fingerprint density at radius 1 is 0.818 bits per heavy atom. The highest BCUT2D eigenvalue weighted by atomic mass is 19.1. The van der Waals surface area contributed by atoms with Gasteiger partial charge in [-0.15, -0.1) is 0 Å². The van der Waals surface area contributed by atoms with E-state index in [-0.39, 0.29) is 11.9 Å². The summed E-state index contributed by atoms with van der Waals surface area (Å²) >= 11 is 0. The van der Waals surface area contributed by atoms with Crippen LogP contribution in [0.1, 0.15) is 113 Å². The lowest BCUT2D eigenvalue weighted by molar-refractivity contribution is 0.0189. The number of ether oxygens (including phenoxy) is 1. The molecule has 1 aromatic heterocycles. The van der Waals surface area contributed by atoms with Gasteiger partial charge in [0, 0.05) is 51.9 Å². The molecule has 0 amide bonds. The van der Waals surface area contributed by atoms with E-state index in [4.69, 9.17) is 4.74 Å². The average Bonchev–Trinajstić information content (AvgIpc) is 4.00. The van der Waals surface area contributed by atoms with Gasteiger partial charge < -0.3 is 14.2 Å². The molecule has 2 heterocycles. The third-order valence-corrected chi connectivity index (χ3v) is 15.8. The fourth-order valence-electron chi connectivity index (χ4n) is 13.3. The minimum Gasteiger partial charge on any atom is -0.370 e. The Morgan fingerprint density at radius 3 is 2.47 bits per heavy atom. The molecule has 2 bridgehead atoms. The lowest BCUT2D eigenvalue weighted by Gasteiger charge is -2.51. The molecule has 4 heteroatoms. The largest absolute Gasteiger partial charge is 0.370 e. The number of fused-ring (bicyclic) bond motifs is 8. The third-order valence-electron chi connectivity index (χ3n) is 15.8. The Bertz CT molecular complexity index is 2170. The van der Waals surface area contributed by atoms with Gasteiger partial charge in [-0.2, -0.15) is 0 Å². The van der Waals surface area contributed by atoms with Crippen LogP contribution in [-0.2, 0) is 11.2 Å². The Kier molecular flexibility index (Phi) is 8.53. The van der Waals surface area contributed by atoms with Gasteiger partial charge in [0.1, 0.15) is 5.82 Å². The van der Waals surface area contributed by atoms with Crippen LogP contribution in [0.4, 0.5) is 10.1 Å². The van der Waals surface area contributed by atoms with Crippen molar-refractivity contribution in [1.29, 1.82) is 0 Å². The molecule has 11 atom stereocenters. The van der Waals surface area contributed by atoms with Gasteiger partial charge in [0.15, 0.2) is 0 Å². The van der Waals surface area contributed by atoms with Crippen LogP contribution >= 0.6 is 0 Å². The van der Waals surface area contributed by atoms with Crippen LogP contribution in [0.15, 0.2) is 96.6 Å². The molecule has 3 nitrogen and oxygen atoms in total. The summed E-state index contributed by atoms with van der Waals surface area (Å²) < 4.78 is 23.5. The smallest absolute Gasteiger partial charge is 0.123 e. The maximum atomic E-state index is 13.9. The fourth-order valence-corrected chi connectivity index (χ4v) is 13.3. The van der Waals surface area contributed by atoms with Crippen molar-refractivity contribution in [3.8, 4) is 11.1 Å². The first-order chi connectivity index (χ1) is 27.0. The molecule has 4 fully saturated rings. The number of aromatic nitrogens is 1. The van der Waals surface area contributed by atoms with Crippen LogP contribution in [0.3, 0.4) is 0 Å². The zero-order chi connectivity index (χ0) is 36.8. The van der Waals surface area contributed by atoms with E-state index in [0.29, 0.717) is 59.7 Å². The van der Waals surface area contributed by atoms with E-state index in [1.165, 1.54) is 102 Å². The van der Waals surface area contributed by atoms with Crippen LogP contribution in [-0.4, -0.2) is 28.9 Å². The van der Waals surface area contributed by atoms with Gasteiger partial charge in [0.05, 0.1) is 12.2 Å². The number of allylic oxidation sites excluding steroid dienone is 4. The minimum atomic E-state index is -0.128. The second-order valence-corrected chi connectivity index (χ2v) is 18.7. The average molecular weight is 733 g/mol. The van der Waals surface area contributed by atoms with Gasteiger partial charge in [-0.1, -0.05) is 73.2 Å². The lowest BCUT2D eigenvalue weighted by Crippen LogP contribution is -2.57. The number of benzene rings is 3. The minimum absolute atomic E-state index is 0.128. The Morgan fingerprint density at radius 2 is 1.67 bits per heavy atom. The summed E-state index contributed by atoms with van der Waals surface area (Å²) in [5, 5.41) is 1.41. The number of halogens is 1. The van der Waals surface area contributed by atoms with E-state index in [1.807, 2.05) is 0 Å². The van der Waals surface area contributed by atoms with E-state index in [9.17, 15) is 4.39 Å². The van der Waals surface area contributed by atoms with Gasteiger partial charge >= 0.3 is 0 Å². The van der Waals surface area contributed by atoms with Crippen molar-refractivity contribution in [1.82, 2.24) is 4.57 Å². The number of rotatable bonds is 6. The molecule has 3 saturated carbocycles. The van der Waals surface area contributed by atoms with E-state index in [2.05, 4.69) is 108 Å². The molecule has 11 unspecified atom stereocenters. The Hall–Kier alpha value is -3.89. The number of anilines is 1. The molecule has 0 N–H and O–H groups in total. The zero-order valence-electron chi connectivity index (χ0n) is 32.8. The molecule has 11 rings (SSSR count). The van der Waals surface area contributed by atoms with Crippen molar-refractivity contribution in [3.63, 3.8) is 0 Å². The Labute approximate surface area is 327 Å². The molecule has 284 valence electrons. The normalized spacial score (nSPS) is 34.7. The van der Waals surface area contributed by atoms with E-state index in [1.54, 1.807) is 17.7 Å². The zero-order valence-corrected chi connectivity index (χ0v) is 32.8. The molecular formula is C51H57FN2O. The molecular weight excluding hydrogens is 676 g/mol. The summed E-state index contributed by atoms with van der Waals surface area (Å²) in [6.45, 7) is 4.84. The van der Waals surface area contributed by atoms with Crippen LogP contribution in [0.25, 0.3) is 28.1 Å². The molecule has 6 aliphatic carbocycles. The number of hydrogen-bond donors (Lipinski definition) is 0. The summed E-state index contributed by atoms with van der Waals surface area (Å²) in [6, 6.07) is 26.1. The predicted octanol–water partition coefficient (Wildman–Crippen LogP) is 12.6. The van der Waals surface area contributed by atoms with Gasteiger partial charge in [-0.25, -0.2) is 4.39 Å². The van der Waals surface area contributed by atoms with Crippen LogP contribution in [0.2, 0.25) is 0 Å². The first-order valence-electron chi connectivity index (χ1n) is 21.9. The predicted molar refractivity (Wildman–Crippen MR) is 224 cm³/mol. The number of nitrogens with zero attached hydrogens (tertiary/aromatic N) is 2. The maximum absolute atomic E-state index is 13.9. The molecule has 0 radical (unpaired) electrons. The summed E-state index contributed by atoms with van der Waals surface area (Å²) in [7, 11) is 0. The van der Waals surface area contributed by atoms with Crippen molar-refractivity contribution in [3.05, 3.63) is 119 Å². The summed E-state index contributed by atoms with van der Waals surface area (Å²) in [5.41, 5.74) is 11.3. The molecule has 3 aromatic carbocycles. The molecule has 7 aliphatic rings. The highest BCUT2D eigenvalue weighted by molar-refractivity contribution is 5.95. The topological polar surface area (TPSA) is 17.4 Å². The van der Waals surface area contributed by atoms with E-state index >= 15 is 0 Å². The van der Waals surface area contributed by atoms with Gasteiger partial charge in [0.25, 0.3) is 0 Å². The van der Waals surface area contributed by atoms with Crippen LogP contribution < -0.4 is 4.90 Å². The molecule has 0 spiro atoms. The first kappa shape index (κ1) is 34.4. The monoisotopic (exact) mass is 732 g/mol. The lowest BCUT2D eigenvalue weighted by atomic mass is 9.67. The summed E-state index contributed by atoms with van der Waals surface area (Å²) in [6.07, 6.45) is 27.1. The highest BCUT2D eigenvalue weighted by Crippen LogP contribution is 2.58. The van der Waals surface area contributed by atoms with Crippen molar-refractivity contribution in [2.75, 3.05) is 4.90 Å². The van der Waals surface area contributed by atoms with E-state index < -0.39 is 0 Å². The molecule has 1 saturated heterocycles. The third kappa shape index (κ3) is 5.74. The van der Waals surface area contributed by atoms with Crippen molar-refractivity contribution < 1.29 is 9.13 Å². The van der Waals surface area contributed by atoms with Crippen molar-refractivity contribution in [2.24, 2.45) is 29.6 Å². The number of hydrogen-bond acceptors (Lipinski definition) is 2. The summed E-state index contributed by atoms with van der Waals surface area (Å²) in [4.78, 5) is 2.98. The van der Waals surface area contributed by atoms with Crippen LogP contribution in [0, 0.1) is 35.4 Å². The quantitative estimate of drug-likeness (QED) is 0.184. The summed E-state index contributed by atoms with van der Waals surface area (Å²) in [5.74, 6) is 3.55. The standard InChI is InChI=1S/C51H57FN2O/c1-31-11-21-39(22-12-31)53-45-9-5-3-7-41(45)44-28-35(18-25-46(44)53)33-16-23-40(24-17-33)54(47-30-36-27-37(47)29-43(36)34-14-19-38(52)20-15-34)51-32(2)13-26-49-50(51)42-8-4-6-10-48(42)55-49/h3,6-7,10-11,14-20,23-25,28,32,36-37,39,42-43,47-51H,4-5,8-9,12-13,21-22,26-27,29-30H2,1-2H3. The second kappa shape index (κ2) is 13.6. The maximum Gasteiger partial charge on any atom is 0.123 e. The van der Waals surface area contributed by atoms with Gasteiger partial charge in [0.2, 0.25) is 0 Å².